The molecule has 11 aromatic rings. The summed E-state index contributed by atoms with van der Waals surface area (Å²) in [5, 5.41) is 3.22. The molecule has 0 radical (unpaired) electrons. The molecule has 7 aromatic carbocycles. The van der Waals surface area contributed by atoms with E-state index in [0.29, 0.717) is 5.82 Å². The Morgan fingerprint density at radius 1 is 0.267 bits per heavy atom. The van der Waals surface area contributed by atoms with Crippen molar-refractivity contribution in [3.05, 3.63) is 212 Å². The molecule has 0 aliphatic heterocycles. The minimum atomic E-state index is 0.669. The lowest BCUT2D eigenvalue weighted by Crippen LogP contribution is -1.96. The van der Waals surface area contributed by atoms with Crippen LogP contribution in [-0.4, -0.2) is 24.9 Å². The summed E-state index contributed by atoms with van der Waals surface area (Å²) in [7, 11) is 0. The van der Waals surface area contributed by atoms with Crippen molar-refractivity contribution in [3.63, 3.8) is 0 Å². The van der Waals surface area contributed by atoms with Gasteiger partial charge in [0.2, 0.25) is 0 Å². The fourth-order valence-corrected chi connectivity index (χ4v) is 8.10. The Morgan fingerprint density at radius 3 is 1.57 bits per heavy atom. The number of hydrogen-bond donors (Lipinski definition) is 0. The zero-order valence-electron chi connectivity index (χ0n) is 32.4. The Kier molecular flexibility index (Phi) is 8.75. The van der Waals surface area contributed by atoms with E-state index < -0.39 is 0 Å². The van der Waals surface area contributed by atoms with E-state index in [4.69, 9.17) is 24.9 Å². The number of nitrogens with zero attached hydrogens (tertiary/aromatic N) is 5. The maximum absolute atomic E-state index is 5.36. The van der Waals surface area contributed by atoms with Crippen molar-refractivity contribution in [3.8, 4) is 78.7 Å². The molecule has 0 fully saturated rings. The summed E-state index contributed by atoms with van der Waals surface area (Å²) in [5.41, 5.74) is 15.6. The Bertz CT molecular complexity index is 3340. The Balaban J connectivity index is 1.03. The number of fused-ring (bicyclic) bond motifs is 4. The first-order valence-corrected chi connectivity index (χ1v) is 20.1. The quantitative estimate of drug-likeness (QED) is 0.151. The van der Waals surface area contributed by atoms with Crippen molar-refractivity contribution in [2.24, 2.45) is 0 Å². The van der Waals surface area contributed by atoms with Gasteiger partial charge in [-0.1, -0.05) is 176 Å². The van der Waals surface area contributed by atoms with E-state index in [1.807, 2.05) is 48.7 Å². The van der Waals surface area contributed by atoms with Gasteiger partial charge in [0.1, 0.15) is 0 Å². The van der Waals surface area contributed by atoms with Crippen LogP contribution in [0.3, 0.4) is 0 Å². The minimum Gasteiger partial charge on any atom is -0.256 e. The van der Waals surface area contributed by atoms with Crippen molar-refractivity contribution in [1.82, 2.24) is 24.9 Å². The lowest BCUT2D eigenvalue weighted by Gasteiger charge is -2.14. The smallest absolute Gasteiger partial charge is 0.160 e. The normalized spacial score (nSPS) is 11.3. The highest BCUT2D eigenvalue weighted by Crippen LogP contribution is 2.37. The molecule has 4 aromatic heterocycles. The lowest BCUT2D eigenvalue weighted by molar-refractivity contribution is 1.18. The highest BCUT2D eigenvalue weighted by atomic mass is 14.9. The maximum atomic E-state index is 5.36. The zero-order valence-corrected chi connectivity index (χ0v) is 32.4. The zero-order chi connectivity index (χ0) is 39.8. The molecule has 0 aliphatic carbocycles. The summed E-state index contributed by atoms with van der Waals surface area (Å²) < 4.78 is 0. The molecule has 11 rings (SSSR count). The average molecular weight is 766 g/mol. The van der Waals surface area contributed by atoms with Crippen molar-refractivity contribution >= 4 is 32.7 Å². The van der Waals surface area contributed by atoms with Crippen LogP contribution in [0.5, 0.6) is 0 Å². The van der Waals surface area contributed by atoms with E-state index in [0.717, 1.165) is 106 Å². The van der Waals surface area contributed by atoms with Gasteiger partial charge in [0.25, 0.3) is 0 Å². The molecule has 0 saturated carbocycles. The summed E-state index contributed by atoms with van der Waals surface area (Å²) in [6.45, 7) is 0. The summed E-state index contributed by atoms with van der Waals surface area (Å²) in [4.78, 5) is 25.6. The second kappa shape index (κ2) is 15.0. The van der Waals surface area contributed by atoms with Crippen LogP contribution in [0.4, 0.5) is 0 Å². The molecule has 0 saturated heterocycles. The van der Waals surface area contributed by atoms with E-state index >= 15 is 0 Å². The predicted octanol–water partition coefficient (Wildman–Crippen LogP) is 13.8. The van der Waals surface area contributed by atoms with Crippen LogP contribution in [0.15, 0.2) is 212 Å². The molecule has 0 N–H and O–H groups in total. The van der Waals surface area contributed by atoms with Crippen LogP contribution in [-0.2, 0) is 0 Å². The number of hydrogen-bond acceptors (Lipinski definition) is 5. The van der Waals surface area contributed by atoms with Gasteiger partial charge in [-0.25, -0.2) is 19.9 Å². The van der Waals surface area contributed by atoms with Crippen molar-refractivity contribution < 1.29 is 0 Å². The fraction of sp³-hybridized carbons (Fsp3) is 0. The molecule has 5 nitrogen and oxygen atoms in total. The van der Waals surface area contributed by atoms with Crippen LogP contribution < -0.4 is 0 Å². The van der Waals surface area contributed by atoms with Crippen molar-refractivity contribution in [2.45, 2.75) is 0 Å². The number of aromatic nitrogens is 5. The van der Waals surface area contributed by atoms with E-state index in [1.54, 1.807) is 0 Å². The molecule has 0 aliphatic rings. The molecule has 0 unspecified atom stereocenters. The maximum Gasteiger partial charge on any atom is 0.160 e. The van der Waals surface area contributed by atoms with Gasteiger partial charge in [0, 0.05) is 55.7 Å². The van der Waals surface area contributed by atoms with E-state index in [-0.39, 0.29) is 0 Å². The van der Waals surface area contributed by atoms with Crippen LogP contribution in [0.2, 0.25) is 0 Å². The monoisotopic (exact) mass is 765 g/mol. The molecular formula is C55H35N5. The molecule has 0 amide bonds. The number of para-hydroxylation sites is 1. The van der Waals surface area contributed by atoms with E-state index in [1.165, 1.54) is 0 Å². The highest BCUT2D eigenvalue weighted by molar-refractivity contribution is 6.09. The van der Waals surface area contributed by atoms with Gasteiger partial charge in [0.05, 0.1) is 39.3 Å². The second-order valence-electron chi connectivity index (χ2n) is 14.9. The Morgan fingerprint density at radius 2 is 0.817 bits per heavy atom. The van der Waals surface area contributed by atoms with Gasteiger partial charge >= 0.3 is 0 Å². The number of pyridine rings is 3. The third kappa shape index (κ3) is 6.54. The molecule has 280 valence electrons. The van der Waals surface area contributed by atoms with Crippen molar-refractivity contribution in [2.75, 3.05) is 0 Å². The van der Waals surface area contributed by atoms with Crippen LogP contribution >= 0.6 is 0 Å². The Labute approximate surface area is 347 Å². The predicted molar refractivity (Wildman–Crippen MR) is 246 cm³/mol. The molecular weight excluding hydrogens is 731 g/mol. The second-order valence-corrected chi connectivity index (χ2v) is 14.9. The highest BCUT2D eigenvalue weighted by Gasteiger charge is 2.16. The lowest BCUT2D eigenvalue weighted by atomic mass is 9.96. The van der Waals surface area contributed by atoms with E-state index in [9.17, 15) is 0 Å². The molecule has 5 heteroatoms. The first-order valence-electron chi connectivity index (χ1n) is 20.1. The first kappa shape index (κ1) is 35.0. The fourth-order valence-electron chi connectivity index (χ4n) is 8.10. The average Bonchev–Trinajstić information content (AvgIpc) is 3.34. The van der Waals surface area contributed by atoms with Gasteiger partial charge in [0.15, 0.2) is 5.82 Å². The third-order valence-electron chi connectivity index (χ3n) is 11.1. The molecule has 0 atom stereocenters. The number of rotatable bonds is 7. The first-order chi connectivity index (χ1) is 29.7. The van der Waals surface area contributed by atoms with Crippen LogP contribution in [0.25, 0.3) is 111 Å². The van der Waals surface area contributed by atoms with Crippen LogP contribution in [0.1, 0.15) is 0 Å². The minimum absolute atomic E-state index is 0.669. The van der Waals surface area contributed by atoms with Gasteiger partial charge in [-0.15, -0.1) is 0 Å². The van der Waals surface area contributed by atoms with Crippen molar-refractivity contribution in [1.29, 1.82) is 0 Å². The van der Waals surface area contributed by atoms with Gasteiger partial charge < -0.3 is 0 Å². The van der Waals surface area contributed by atoms with Crippen LogP contribution in [0, 0.1) is 0 Å². The molecule has 60 heavy (non-hydrogen) atoms. The summed E-state index contributed by atoms with van der Waals surface area (Å²) >= 11 is 0. The summed E-state index contributed by atoms with van der Waals surface area (Å²) in [5.74, 6) is 0.669. The van der Waals surface area contributed by atoms with Gasteiger partial charge in [-0.05, 0) is 47.0 Å². The van der Waals surface area contributed by atoms with Gasteiger partial charge in [-0.3, -0.25) is 4.98 Å². The van der Waals surface area contributed by atoms with E-state index in [2.05, 4.69) is 164 Å². The molecule has 0 bridgehead atoms. The summed E-state index contributed by atoms with van der Waals surface area (Å²) in [6.07, 6.45) is 1.85. The summed E-state index contributed by atoms with van der Waals surface area (Å²) in [6, 6.07) is 71.4. The van der Waals surface area contributed by atoms with Gasteiger partial charge in [-0.2, -0.15) is 0 Å². The standard InChI is InChI=1S/C55H35N5/c1-4-13-36(14-5-1)47-34-49(58-54-46(47)30-28-41-29-31-48(57-53(41)54)37-15-6-2-7-16-37)38-24-26-39(27-25-38)50-35-51(60-55(59-50)42-17-8-3-9-18-42)44-21-10-20-43(33-44)45-23-11-19-40-22-12-32-56-52(40)45/h1-35H. The molecule has 0 spiro atoms. The third-order valence-corrected chi connectivity index (χ3v) is 11.1. The number of benzene rings is 7. The molecule has 4 heterocycles. The SMILES string of the molecule is c1ccc(-c2ccc3ccc4c(-c5ccccc5)cc(-c5ccc(-c6cc(-c7cccc(-c8cccc9cccnc89)c7)nc(-c7ccccc7)n6)cc5)nc4c3n2)cc1. The Hall–Kier alpha value is -8.15. The topological polar surface area (TPSA) is 64.5 Å². The largest absolute Gasteiger partial charge is 0.256 e.